The molecule has 2 rings (SSSR count). The first-order valence-corrected chi connectivity index (χ1v) is 8.05. The van der Waals surface area contributed by atoms with Crippen LogP contribution in [0.3, 0.4) is 0 Å². The summed E-state index contributed by atoms with van der Waals surface area (Å²) in [6.07, 6.45) is 7.66. The average Bonchev–Trinajstić information content (AvgIpc) is 2.29. The molecule has 0 atom stereocenters. The monoisotopic (exact) mass is 365 g/mol. The van der Waals surface area contributed by atoms with Gasteiger partial charge in [0.25, 0.3) is 3.91 Å². The van der Waals surface area contributed by atoms with Gasteiger partial charge in [-0.25, -0.2) is 0 Å². The van der Waals surface area contributed by atoms with Gasteiger partial charge in [-0.05, 0) is 51.0 Å². The maximum atomic E-state index is 11.0. The normalized spacial score (nSPS) is 35.2. The summed E-state index contributed by atoms with van der Waals surface area (Å²) in [6.45, 7) is 2.12. The number of carbonyl (C=O) groups excluding carboxylic acids is 1. The van der Waals surface area contributed by atoms with Crippen LogP contribution in [-0.4, -0.2) is 36.1 Å². The van der Waals surface area contributed by atoms with Crippen molar-refractivity contribution in [2.45, 2.75) is 50.6 Å². The molecular weight excluding hydrogens is 341 g/mol. The fourth-order valence-corrected chi connectivity index (χ4v) is 3.93. The van der Waals surface area contributed by atoms with Crippen LogP contribution in [0.5, 0.6) is 0 Å². The zero-order chi connectivity index (χ0) is 13.0. The Bertz CT molecular complexity index is 282. The second kappa shape index (κ2) is 6.52. The Labute approximate surface area is 123 Å². The van der Waals surface area contributed by atoms with Gasteiger partial charge in [-0.3, -0.25) is 4.79 Å². The Morgan fingerprint density at radius 1 is 1.22 bits per heavy atom. The third-order valence-corrected chi connectivity index (χ3v) is 4.84. The van der Waals surface area contributed by atoms with Crippen LogP contribution in [0.2, 0.25) is 0 Å². The van der Waals surface area contributed by atoms with Crippen molar-refractivity contribution in [3.05, 3.63) is 0 Å². The van der Waals surface area contributed by atoms with E-state index in [1.807, 2.05) is 29.6 Å². The maximum absolute atomic E-state index is 11.0. The molecule has 1 amide bonds. The molecule has 0 aliphatic heterocycles. The van der Waals surface area contributed by atoms with E-state index in [0.29, 0.717) is 17.5 Å². The lowest BCUT2D eigenvalue weighted by molar-refractivity contribution is 0.0349. The molecule has 0 aromatic heterocycles. The number of likely N-dealkylation sites (N-methyl/N-ethyl adjacent to an activating group) is 1. The zero-order valence-corrected chi connectivity index (χ0v) is 13.3. The molecule has 0 bridgehead atoms. The molecule has 0 unspecified atom stereocenters. The van der Waals surface area contributed by atoms with Crippen molar-refractivity contribution in [3.8, 4) is 0 Å². The molecule has 4 nitrogen and oxygen atoms in total. The number of halogens is 1. The summed E-state index contributed by atoms with van der Waals surface area (Å²) in [5, 5.41) is 9.81. The predicted molar refractivity (Wildman–Crippen MR) is 82.2 cm³/mol. The van der Waals surface area contributed by atoms with Crippen molar-refractivity contribution in [3.63, 3.8) is 0 Å². The molecular formula is C13H24IN3O. The summed E-state index contributed by atoms with van der Waals surface area (Å²) in [5.74, 6) is 0. The molecule has 18 heavy (non-hydrogen) atoms. The Morgan fingerprint density at radius 3 is 2.44 bits per heavy atom. The van der Waals surface area contributed by atoms with Crippen molar-refractivity contribution < 1.29 is 4.79 Å². The van der Waals surface area contributed by atoms with E-state index in [9.17, 15) is 4.79 Å². The molecule has 3 N–H and O–H groups in total. The average molecular weight is 365 g/mol. The summed E-state index contributed by atoms with van der Waals surface area (Å²) in [6, 6.07) is 1.16. The van der Waals surface area contributed by atoms with Gasteiger partial charge in [0.1, 0.15) is 0 Å². The van der Waals surface area contributed by atoms with E-state index < -0.39 is 0 Å². The lowest BCUT2D eigenvalue weighted by atomic mass is 9.58. The van der Waals surface area contributed by atoms with E-state index >= 15 is 0 Å². The molecule has 104 valence electrons. The standard InChI is InChI=1S/C13H24IN3O/c1-15-6-7-16-10-2-4-13(5-3-10)8-11(9-13)17-12(14)18/h10-11,15-16H,2-9H2,1H3,(H,17,18). The zero-order valence-electron chi connectivity index (χ0n) is 11.1. The predicted octanol–water partition coefficient (Wildman–Crippen LogP) is 2.03. The van der Waals surface area contributed by atoms with Gasteiger partial charge in [0, 0.05) is 47.8 Å². The van der Waals surface area contributed by atoms with Gasteiger partial charge in [0.2, 0.25) is 0 Å². The first kappa shape index (κ1) is 14.5. The van der Waals surface area contributed by atoms with Crippen molar-refractivity contribution in [1.29, 1.82) is 0 Å². The molecule has 0 saturated heterocycles. The number of carbonyl (C=O) groups is 1. The highest BCUT2D eigenvalue weighted by Gasteiger charge is 2.46. The topological polar surface area (TPSA) is 53.2 Å². The molecule has 2 aliphatic rings. The lowest BCUT2D eigenvalue weighted by Gasteiger charge is -2.51. The molecule has 2 aliphatic carbocycles. The van der Waals surface area contributed by atoms with Crippen LogP contribution in [0.15, 0.2) is 0 Å². The van der Waals surface area contributed by atoms with Crippen LogP contribution < -0.4 is 16.0 Å². The number of hydrogen-bond acceptors (Lipinski definition) is 3. The van der Waals surface area contributed by atoms with Crippen LogP contribution in [0.1, 0.15) is 38.5 Å². The van der Waals surface area contributed by atoms with E-state index in [2.05, 4.69) is 16.0 Å². The number of hydrogen-bond donors (Lipinski definition) is 3. The van der Waals surface area contributed by atoms with Crippen LogP contribution in [0.4, 0.5) is 4.79 Å². The quantitative estimate of drug-likeness (QED) is 0.303. The second-order valence-electron chi connectivity index (χ2n) is 5.86. The molecule has 0 aromatic rings. The van der Waals surface area contributed by atoms with Crippen LogP contribution in [0, 0.1) is 5.41 Å². The molecule has 0 radical (unpaired) electrons. The van der Waals surface area contributed by atoms with Gasteiger partial charge in [-0.15, -0.1) is 0 Å². The van der Waals surface area contributed by atoms with E-state index in [4.69, 9.17) is 0 Å². The summed E-state index contributed by atoms with van der Waals surface area (Å²) < 4.78 is 0.0925. The SMILES string of the molecule is CNCCNC1CCC2(CC1)CC(NC(=O)I)C2. The maximum Gasteiger partial charge on any atom is 0.280 e. The minimum Gasteiger partial charge on any atom is -0.345 e. The number of nitrogens with one attached hydrogen (secondary N) is 3. The van der Waals surface area contributed by atoms with E-state index in [1.165, 1.54) is 38.5 Å². The molecule has 0 heterocycles. The van der Waals surface area contributed by atoms with Crippen molar-refractivity contribution in [2.24, 2.45) is 5.41 Å². The van der Waals surface area contributed by atoms with Crippen molar-refractivity contribution in [2.75, 3.05) is 20.1 Å². The highest BCUT2D eigenvalue weighted by atomic mass is 127. The summed E-state index contributed by atoms with van der Waals surface area (Å²) >= 11 is 1.83. The van der Waals surface area contributed by atoms with Crippen LogP contribution in [-0.2, 0) is 0 Å². The van der Waals surface area contributed by atoms with Gasteiger partial charge >= 0.3 is 0 Å². The van der Waals surface area contributed by atoms with Gasteiger partial charge < -0.3 is 16.0 Å². The lowest BCUT2D eigenvalue weighted by Crippen LogP contribution is -2.52. The summed E-state index contributed by atoms with van der Waals surface area (Å²) in [5.41, 5.74) is 0.560. The third-order valence-electron chi connectivity index (χ3n) is 4.53. The van der Waals surface area contributed by atoms with Crippen LogP contribution >= 0.6 is 22.6 Å². The Balaban J connectivity index is 1.64. The van der Waals surface area contributed by atoms with Crippen molar-refractivity contribution in [1.82, 2.24) is 16.0 Å². The fourth-order valence-electron chi connectivity index (χ4n) is 3.49. The second-order valence-corrected chi connectivity index (χ2v) is 6.83. The smallest absolute Gasteiger partial charge is 0.280 e. The van der Waals surface area contributed by atoms with E-state index in [0.717, 1.165) is 13.1 Å². The molecule has 2 saturated carbocycles. The fraction of sp³-hybridized carbons (Fsp3) is 0.923. The first-order valence-electron chi connectivity index (χ1n) is 6.97. The highest BCUT2D eigenvalue weighted by Crippen LogP contribution is 2.51. The minimum atomic E-state index is 0.0925. The summed E-state index contributed by atoms with van der Waals surface area (Å²) in [4.78, 5) is 11.0. The molecule has 5 heteroatoms. The van der Waals surface area contributed by atoms with Gasteiger partial charge in [0.05, 0.1) is 0 Å². The van der Waals surface area contributed by atoms with Crippen LogP contribution in [0.25, 0.3) is 0 Å². The van der Waals surface area contributed by atoms with Gasteiger partial charge in [-0.1, -0.05) is 0 Å². The highest BCUT2D eigenvalue weighted by molar-refractivity contribution is 14.1. The third kappa shape index (κ3) is 3.81. The molecule has 2 fully saturated rings. The Morgan fingerprint density at radius 2 is 1.89 bits per heavy atom. The minimum absolute atomic E-state index is 0.0925. The number of rotatable bonds is 5. The largest absolute Gasteiger partial charge is 0.345 e. The molecule has 1 spiro atoms. The van der Waals surface area contributed by atoms with E-state index in [-0.39, 0.29) is 3.91 Å². The molecule has 0 aromatic carbocycles. The number of amides is 1. The van der Waals surface area contributed by atoms with Gasteiger partial charge in [-0.2, -0.15) is 0 Å². The van der Waals surface area contributed by atoms with Gasteiger partial charge in [0.15, 0.2) is 0 Å². The van der Waals surface area contributed by atoms with Crippen molar-refractivity contribution >= 4 is 26.5 Å². The Kier molecular flexibility index (Phi) is 5.26. The van der Waals surface area contributed by atoms with E-state index in [1.54, 1.807) is 0 Å². The summed E-state index contributed by atoms with van der Waals surface area (Å²) in [7, 11) is 1.99. The Hall–Kier alpha value is 0.120. The first-order chi connectivity index (χ1) is 8.63.